The number of carbonyl (C=O) groups excluding carboxylic acids is 1. The number of fused-ring (bicyclic) bond motifs is 2. The summed E-state index contributed by atoms with van der Waals surface area (Å²) in [6.07, 6.45) is 1.71. The van der Waals surface area contributed by atoms with Crippen LogP contribution in [0.4, 0.5) is 20.9 Å². The van der Waals surface area contributed by atoms with Crippen LogP contribution in [0.15, 0.2) is 71.6 Å². The Hall–Kier alpha value is -3.70. The van der Waals surface area contributed by atoms with Crippen LogP contribution in [-0.2, 0) is 21.2 Å². The molecule has 0 spiro atoms. The van der Waals surface area contributed by atoms with Crippen molar-refractivity contribution in [3.8, 4) is 0 Å². The highest BCUT2D eigenvalue weighted by Gasteiger charge is 2.31. The van der Waals surface area contributed by atoms with E-state index in [1.807, 2.05) is 36.1 Å². The molecule has 1 amide bonds. The average Bonchev–Trinajstić information content (AvgIpc) is 3.37. The number of hydrogen-bond acceptors (Lipinski definition) is 7. The van der Waals surface area contributed by atoms with Gasteiger partial charge in [0.25, 0.3) is 10.0 Å². The molecular weight excluding hydrogens is 549 g/mol. The minimum absolute atomic E-state index is 0. The zero-order valence-corrected chi connectivity index (χ0v) is 23.7. The van der Waals surface area contributed by atoms with Crippen molar-refractivity contribution in [1.29, 1.82) is 0 Å². The maximum atomic E-state index is 13.7. The molecule has 212 valence electrons. The van der Waals surface area contributed by atoms with Gasteiger partial charge in [0.1, 0.15) is 11.9 Å². The number of amides is 1. The Kier molecular flexibility index (Phi) is 7.09. The van der Waals surface area contributed by atoms with E-state index in [1.165, 1.54) is 17.4 Å². The van der Waals surface area contributed by atoms with Gasteiger partial charge in [0, 0.05) is 47.0 Å². The number of benzene rings is 3. The van der Waals surface area contributed by atoms with Crippen LogP contribution >= 0.6 is 11.3 Å². The third-order valence-electron chi connectivity index (χ3n) is 7.64. The van der Waals surface area contributed by atoms with Gasteiger partial charge in [-0.1, -0.05) is 23.5 Å². The molecule has 0 unspecified atom stereocenters. The third-order valence-corrected chi connectivity index (χ3v) is 10.1. The highest BCUT2D eigenvalue weighted by Crippen LogP contribution is 2.31. The molecule has 6 rings (SSSR count). The first-order valence-electron chi connectivity index (χ1n) is 13.4. The van der Waals surface area contributed by atoms with Gasteiger partial charge in [0.2, 0.25) is 5.91 Å². The van der Waals surface area contributed by atoms with Gasteiger partial charge in [-0.15, -0.1) is 0 Å². The lowest BCUT2D eigenvalue weighted by Gasteiger charge is -2.41. The molecule has 2 aliphatic heterocycles. The van der Waals surface area contributed by atoms with Crippen molar-refractivity contribution in [2.45, 2.75) is 30.7 Å². The summed E-state index contributed by atoms with van der Waals surface area (Å²) in [5.74, 6) is -0.176. The lowest BCUT2D eigenvalue weighted by molar-refractivity contribution is -0.132. The third kappa shape index (κ3) is 5.23. The van der Waals surface area contributed by atoms with E-state index in [0.717, 1.165) is 46.5 Å². The molecule has 4 aromatic rings. The molecule has 40 heavy (non-hydrogen) atoms. The Balaban J connectivity index is 0.00000202. The Morgan fingerprint density at radius 3 is 2.52 bits per heavy atom. The van der Waals surface area contributed by atoms with Gasteiger partial charge >= 0.3 is 0 Å². The van der Waals surface area contributed by atoms with E-state index in [0.29, 0.717) is 31.3 Å². The zero-order valence-electron chi connectivity index (χ0n) is 22.1. The number of carbonyl (C=O) groups is 1. The first-order chi connectivity index (χ1) is 19.3. The molecule has 2 aliphatic rings. The fourth-order valence-corrected chi connectivity index (χ4v) is 7.61. The standard InChI is InChI=1S/C29H30FN5O3S2.2H2/c1-20(35-14-4-5-21-19-22(30)8-13-26(21)35)28(36)34-17-15-33(16-18-34)23-9-11-24(12-10-23)40(37,38)32-29-31-25-6-2-3-7-27(25)39-29;;/h2-3,6-13,19-20H,4-5,14-18H2,1H3,(H,31,32);2*1H/t20-;;/m1../s1. The molecule has 0 bridgehead atoms. The summed E-state index contributed by atoms with van der Waals surface area (Å²) >= 11 is 1.30. The van der Waals surface area contributed by atoms with E-state index < -0.39 is 10.0 Å². The summed E-state index contributed by atoms with van der Waals surface area (Å²) < 4.78 is 43.1. The van der Waals surface area contributed by atoms with Crippen LogP contribution in [0.5, 0.6) is 0 Å². The number of thiazole rings is 1. The van der Waals surface area contributed by atoms with Crippen molar-refractivity contribution in [3.63, 3.8) is 0 Å². The predicted molar refractivity (Wildman–Crippen MR) is 161 cm³/mol. The maximum Gasteiger partial charge on any atom is 0.263 e. The Morgan fingerprint density at radius 1 is 1.02 bits per heavy atom. The molecule has 8 nitrogen and oxygen atoms in total. The highest BCUT2D eigenvalue weighted by molar-refractivity contribution is 7.93. The second-order valence-electron chi connectivity index (χ2n) is 10.1. The first-order valence-corrected chi connectivity index (χ1v) is 15.7. The smallest absolute Gasteiger partial charge is 0.263 e. The van der Waals surface area contributed by atoms with Gasteiger partial charge in [-0.25, -0.2) is 17.8 Å². The summed E-state index contributed by atoms with van der Waals surface area (Å²) in [6, 6.07) is 18.8. The fourth-order valence-electron chi connectivity index (χ4n) is 5.51. The van der Waals surface area contributed by atoms with Crippen molar-refractivity contribution in [1.82, 2.24) is 9.88 Å². The number of piperazine rings is 1. The van der Waals surface area contributed by atoms with E-state index in [2.05, 4.69) is 19.5 Å². The van der Waals surface area contributed by atoms with Gasteiger partial charge in [-0.2, -0.15) is 0 Å². The Labute approximate surface area is 240 Å². The normalized spacial score (nSPS) is 16.6. The first kappa shape index (κ1) is 26.5. The average molecular weight is 584 g/mol. The highest BCUT2D eigenvalue weighted by atomic mass is 32.2. The number of anilines is 3. The molecule has 0 aliphatic carbocycles. The largest absolute Gasteiger partial charge is 0.368 e. The number of halogens is 1. The molecule has 11 heteroatoms. The number of sulfonamides is 1. The zero-order chi connectivity index (χ0) is 27.9. The molecule has 1 aromatic heterocycles. The lowest BCUT2D eigenvalue weighted by Crippen LogP contribution is -2.55. The van der Waals surface area contributed by atoms with E-state index in [9.17, 15) is 17.6 Å². The second-order valence-corrected chi connectivity index (χ2v) is 12.9. The van der Waals surface area contributed by atoms with Gasteiger partial charge in [0.05, 0.1) is 15.1 Å². The Bertz CT molecular complexity index is 1630. The number of aromatic nitrogens is 1. The van der Waals surface area contributed by atoms with E-state index >= 15 is 0 Å². The molecule has 1 atom stereocenters. The summed E-state index contributed by atoms with van der Waals surface area (Å²) in [5.41, 5.74) is 3.56. The Morgan fingerprint density at radius 2 is 1.77 bits per heavy atom. The minimum Gasteiger partial charge on any atom is -0.368 e. The molecule has 1 fully saturated rings. The van der Waals surface area contributed by atoms with Crippen LogP contribution in [0.2, 0.25) is 0 Å². The predicted octanol–water partition coefficient (Wildman–Crippen LogP) is 5.22. The van der Waals surface area contributed by atoms with Crippen molar-refractivity contribution in [3.05, 3.63) is 78.1 Å². The molecular formula is C29H34FN5O3S2. The second kappa shape index (κ2) is 10.7. The van der Waals surface area contributed by atoms with E-state index in [4.69, 9.17) is 0 Å². The monoisotopic (exact) mass is 583 g/mol. The van der Waals surface area contributed by atoms with Crippen LogP contribution < -0.4 is 14.5 Å². The maximum absolute atomic E-state index is 13.7. The molecule has 0 saturated carbocycles. The van der Waals surface area contributed by atoms with Crippen molar-refractivity contribution < 1.29 is 20.5 Å². The van der Waals surface area contributed by atoms with Crippen LogP contribution in [0.3, 0.4) is 0 Å². The van der Waals surface area contributed by atoms with E-state index in [1.54, 1.807) is 36.4 Å². The van der Waals surface area contributed by atoms with Crippen LogP contribution in [0.25, 0.3) is 10.2 Å². The number of para-hydroxylation sites is 1. The van der Waals surface area contributed by atoms with E-state index in [-0.39, 0.29) is 25.5 Å². The SMILES string of the molecule is C[C@H](C(=O)N1CCN(c2ccc(S(=O)(=O)Nc3nc4ccccc4s3)cc2)CC1)N1CCCc2cc(F)ccc21.[HH].[HH]. The summed E-state index contributed by atoms with van der Waals surface area (Å²) in [5, 5.41) is 0.334. The van der Waals surface area contributed by atoms with Crippen LogP contribution in [0.1, 0.15) is 21.8 Å². The topological polar surface area (TPSA) is 85.8 Å². The van der Waals surface area contributed by atoms with Gasteiger partial charge in [0.15, 0.2) is 5.13 Å². The lowest BCUT2D eigenvalue weighted by atomic mass is 9.99. The van der Waals surface area contributed by atoms with Crippen molar-refractivity contribution in [2.75, 3.05) is 47.2 Å². The summed E-state index contributed by atoms with van der Waals surface area (Å²) in [7, 11) is -3.77. The quantitative estimate of drug-likeness (QED) is 0.335. The molecule has 0 radical (unpaired) electrons. The summed E-state index contributed by atoms with van der Waals surface area (Å²) in [6.45, 7) is 5.15. The van der Waals surface area contributed by atoms with Gasteiger partial charge < -0.3 is 14.7 Å². The molecule has 1 N–H and O–H groups in total. The number of nitrogens with one attached hydrogen (secondary N) is 1. The fraction of sp³-hybridized carbons (Fsp3) is 0.310. The number of nitrogens with zero attached hydrogens (tertiary/aromatic N) is 4. The van der Waals surface area contributed by atoms with Gasteiger partial charge in [-0.3, -0.25) is 9.52 Å². The number of rotatable bonds is 6. The van der Waals surface area contributed by atoms with Crippen molar-refractivity contribution >= 4 is 54.0 Å². The molecule has 3 heterocycles. The minimum atomic E-state index is -3.77. The number of hydrogen-bond donors (Lipinski definition) is 1. The number of aryl methyl sites for hydroxylation is 1. The summed E-state index contributed by atoms with van der Waals surface area (Å²) in [4.78, 5) is 24.1. The van der Waals surface area contributed by atoms with Crippen LogP contribution in [-0.4, -0.2) is 63.0 Å². The molecule has 1 saturated heterocycles. The van der Waals surface area contributed by atoms with Crippen molar-refractivity contribution in [2.24, 2.45) is 0 Å². The van der Waals surface area contributed by atoms with Gasteiger partial charge in [-0.05, 0) is 79.9 Å². The van der Waals surface area contributed by atoms with Crippen LogP contribution in [0, 0.1) is 5.82 Å². The molecule has 3 aromatic carbocycles.